The van der Waals surface area contributed by atoms with Gasteiger partial charge in [0.25, 0.3) is 0 Å². The monoisotopic (exact) mass is 593 g/mol. The lowest BCUT2D eigenvalue weighted by atomic mass is 10.1. The zero-order valence-electron chi connectivity index (χ0n) is 22.8. The lowest BCUT2D eigenvalue weighted by Crippen LogP contribution is -2.20. The average molecular weight is 594 g/mol. The molecule has 0 saturated carbocycles. The number of halogens is 2. The minimum atomic E-state index is -0.307. The van der Waals surface area contributed by atoms with Gasteiger partial charge in [-0.2, -0.15) is 0 Å². The van der Waals surface area contributed by atoms with Gasteiger partial charge in [-0.15, -0.1) is 0 Å². The second kappa shape index (κ2) is 12.2. The van der Waals surface area contributed by atoms with Gasteiger partial charge in [0.2, 0.25) is 5.91 Å². The summed E-state index contributed by atoms with van der Waals surface area (Å²) in [6.45, 7) is 6.72. The Bertz CT molecular complexity index is 1610. The van der Waals surface area contributed by atoms with Crippen molar-refractivity contribution in [2.75, 3.05) is 43.4 Å². The number of hydrogen-bond donors (Lipinski definition) is 3. The lowest BCUT2D eigenvalue weighted by molar-refractivity contribution is -0.111. The Kier molecular flexibility index (Phi) is 8.49. The number of hydrogen-bond acceptors (Lipinski definition) is 8. The molecule has 11 heteroatoms. The molecule has 2 aromatic heterocycles. The summed E-state index contributed by atoms with van der Waals surface area (Å²) in [5.41, 5.74) is 3.28. The first-order valence-corrected chi connectivity index (χ1v) is 13.6. The van der Waals surface area contributed by atoms with Gasteiger partial charge in [0, 0.05) is 35.2 Å². The number of aryl methyl sites for hydroxylation is 1. The summed E-state index contributed by atoms with van der Waals surface area (Å²) in [6, 6.07) is 11.1. The van der Waals surface area contributed by atoms with Crippen molar-refractivity contribution in [1.29, 1.82) is 0 Å². The average Bonchev–Trinajstić information content (AvgIpc) is 3.48. The van der Waals surface area contributed by atoms with Crippen molar-refractivity contribution in [3.8, 4) is 22.8 Å². The van der Waals surface area contributed by atoms with Crippen LogP contribution in [0.1, 0.15) is 12.0 Å². The van der Waals surface area contributed by atoms with Gasteiger partial charge in [-0.05, 0) is 43.2 Å². The molecule has 0 spiro atoms. The quantitative estimate of drug-likeness (QED) is 0.178. The van der Waals surface area contributed by atoms with Gasteiger partial charge in [-0.25, -0.2) is 9.97 Å². The molecule has 212 valence electrons. The van der Waals surface area contributed by atoms with Gasteiger partial charge in [-0.3, -0.25) is 4.79 Å². The van der Waals surface area contributed by atoms with Crippen LogP contribution in [0, 0.1) is 6.92 Å². The first kappa shape index (κ1) is 28.5. The van der Waals surface area contributed by atoms with Crippen molar-refractivity contribution in [2.24, 2.45) is 0 Å². The predicted molar refractivity (Wildman–Crippen MR) is 164 cm³/mol. The van der Waals surface area contributed by atoms with Crippen LogP contribution in [0.2, 0.25) is 10.0 Å². The summed E-state index contributed by atoms with van der Waals surface area (Å²) in [4.78, 5) is 21.7. The Morgan fingerprint density at radius 3 is 2.56 bits per heavy atom. The number of aromatic nitrogens is 2. The van der Waals surface area contributed by atoms with Crippen LogP contribution >= 0.6 is 23.2 Å². The van der Waals surface area contributed by atoms with E-state index in [1.807, 2.05) is 37.3 Å². The van der Waals surface area contributed by atoms with Gasteiger partial charge in [0.15, 0.2) is 0 Å². The zero-order chi connectivity index (χ0) is 29.1. The van der Waals surface area contributed by atoms with E-state index < -0.39 is 0 Å². The van der Waals surface area contributed by atoms with Gasteiger partial charge in [-0.1, -0.05) is 41.9 Å². The molecule has 1 saturated heterocycles. The van der Waals surface area contributed by atoms with Crippen molar-refractivity contribution >= 4 is 62.9 Å². The zero-order valence-corrected chi connectivity index (χ0v) is 24.3. The molecule has 1 atom stereocenters. The number of rotatable bonds is 9. The Labute approximate surface area is 247 Å². The number of fused-ring (bicyclic) bond motifs is 1. The van der Waals surface area contributed by atoms with Gasteiger partial charge in [0.1, 0.15) is 23.1 Å². The fourth-order valence-electron chi connectivity index (χ4n) is 4.65. The van der Waals surface area contributed by atoms with Crippen LogP contribution in [0.3, 0.4) is 0 Å². The Morgan fingerprint density at radius 2 is 1.90 bits per heavy atom. The summed E-state index contributed by atoms with van der Waals surface area (Å²) in [7, 11) is 3.06. The molecule has 1 aliphatic rings. The van der Waals surface area contributed by atoms with Crippen molar-refractivity contribution in [3.63, 3.8) is 0 Å². The number of carbonyl (C=O) groups is 1. The van der Waals surface area contributed by atoms with E-state index in [1.165, 1.54) is 20.3 Å². The fraction of sp³-hybridized carbons (Fsp3) is 0.233. The number of anilines is 4. The SMILES string of the molecule is C=CC(=O)Nc1cccc(C)c1Nc1cc2c(NC3CCOC3)nc(-c3c(Cl)c(OC)cc(OC)c3Cl)cc2cn1. The van der Waals surface area contributed by atoms with E-state index in [9.17, 15) is 4.79 Å². The molecule has 4 aromatic rings. The molecular weight excluding hydrogens is 565 g/mol. The van der Waals surface area contributed by atoms with Crippen LogP contribution in [-0.4, -0.2) is 49.4 Å². The first-order chi connectivity index (χ1) is 19.8. The van der Waals surface area contributed by atoms with E-state index >= 15 is 0 Å². The van der Waals surface area contributed by atoms with E-state index in [4.69, 9.17) is 42.4 Å². The summed E-state index contributed by atoms with van der Waals surface area (Å²) in [5, 5.41) is 12.0. The number of para-hydroxylation sites is 1. The molecule has 1 amide bonds. The number of nitrogens with one attached hydrogen (secondary N) is 3. The Morgan fingerprint density at radius 1 is 1.15 bits per heavy atom. The molecular formula is C30H29Cl2N5O4. The van der Waals surface area contributed by atoms with Gasteiger partial charge in [0.05, 0.1) is 54.0 Å². The molecule has 0 radical (unpaired) electrons. The van der Waals surface area contributed by atoms with Crippen molar-refractivity contribution in [2.45, 2.75) is 19.4 Å². The molecule has 3 heterocycles. The third kappa shape index (κ3) is 5.88. The molecule has 0 bridgehead atoms. The fourth-order valence-corrected chi connectivity index (χ4v) is 5.35. The van der Waals surface area contributed by atoms with E-state index in [1.54, 1.807) is 12.3 Å². The van der Waals surface area contributed by atoms with Crippen LogP contribution in [-0.2, 0) is 9.53 Å². The normalized spacial score (nSPS) is 14.5. The third-order valence-corrected chi connectivity index (χ3v) is 7.53. The molecule has 41 heavy (non-hydrogen) atoms. The van der Waals surface area contributed by atoms with Crippen LogP contribution < -0.4 is 25.4 Å². The molecule has 1 fully saturated rings. The smallest absolute Gasteiger partial charge is 0.247 e. The summed E-state index contributed by atoms with van der Waals surface area (Å²) in [5.74, 6) is 1.72. The number of amides is 1. The third-order valence-electron chi connectivity index (χ3n) is 6.78. The van der Waals surface area contributed by atoms with Gasteiger partial charge >= 0.3 is 0 Å². The van der Waals surface area contributed by atoms with E-state index in [2.05, 4.69) is 27.5 Å². The number of pyridine rings is 2. The molecule has 0 aliphatic carbocycles. The standard InChI is InChI=1S/C30H29Cl2N5O4/c1-5-25(38)35-20-8-6-7-16(2)29(20)37-24-12-19-17(14-33-24)11-21(36-30(19)34-18-9-10-41-15-18)26-27(31)22(39-3)13-23(40-4)28(26)32/h5-8,11-14,18H,1,9-10,15H2,2-4H3,(H,33,37)(H,34,36)(H,35,38). The van der Waals surface area contributed by atoms with E-state index in [-0.39, 0.29) is 11.9 Å². The maximum absolute atomic E-state index is 12.0. The highest BCUT2D eigenvalue weighted by Crippen LogP contribution is 2.46. The summed E-state index contributed by atoms with van der Waals surface area (Å²) in [6.07, 6.45) is 3.82. The van der Waals surface area contributed by atoms with Crippen LogP contribution in [0.5, 0.6) is 11.5 Å². The van der Waals surface area contributed by atoms with Crippen LogP contribution in [0.15, 0.2) is 55.3 Å². The highest BCUT2D eigenvalue weighted by atomic mass is 35.5. The van der Waals surface area contributed by atoms with Crippen molar-refractivity contribution in [3.05, 3.63) is 70.9 Å². The first-order valence-electron chi connectivity index (χ1n) is 12.9. The highest BCUT2D eigenvalue weighted by Gasteiger charge is 2.23. The van der Waals surface area contributed by atoms with Crippen LogP contribution in [0.4, 0.5) is 23.0 Å². The molecule has 2 aromatic carbocycles. The van der Waals surface area contributed by atoms with E-state index in [0.717, 1.165) is 28.4 Å². The Hall–Kier alpha value is -4.05. The topological polar surface area (TPSA) is 107 Å². The second-order valence-corrected chi connectivity index (χ2v) is 10.2. The Balaban J connectivity index is 1.63. The van der Waals surface area contributed by atoms with Crippen molar-refractivity contribution in [1.82, 2.24) is 9.97 Å². The van der Waals surface area contributed by atoms with E-state index in [0.29, 0.717) is 63.3 Å². The molecule has 3 N–H and O–H groups in total. The lowest BCUT2D eigenvalue weighted by Gasteiger charge is -2.19. The molecule has 5 rings (SSSR count). The minimum absolute atomic E-state index is 0.0772. The largest absolute Gasteiger partial charge is 0.495 e. The maximum Gasteiger partial charge on any atom is 0.247 e. The minimum Gasteiger partial charge on any atom is -0.495 e. The summed E-state index contributed by atoms with van der Waals surface area (Å²) < 4.78 is 16.5. The molecule has 9 nitrogen and oxygen atoms in total. The maximum atomic E-state index is 12.0. The number of carbonyl (C=O) groups excluding carboxylic acids is 1. The highest BCUT2D eigenvalue weighted by molar-refractivity contribution is 6.41. The number of ether oxygens (including phenoxy) is 3. The second-order valence-electron chi connectivity index (χ2n) is 9.45. The number of nitrogens with zero attached hydrogens (tertiary/aromatic N) is 2. The van der Waals surface area contributed by atoms with Crippen molar-refractivity contribution < 1.29 is 19.0 Å². The number of methoxy groups -OCH3 is 2. The molecule has 1 unspecified atom stereocenters. The van der Waals surface area contributed by atoms with Crippen LogP contribution in [0.25, 0.3) is 22.0 Å². The predicted octanol–water partition coefficient (Wildman–Crippen LogP) is 7.00. The summed E-state index contributed by atoms with van der Waals surface area (Å²) >= 11 is 13.5. The number of benzene rings is 2. The van der Waals surface area contributed by atoms with Gasteiger partial charge < -0.3 is 30.2 Å². The molecule has 1 aliphatic heterocycles.